The molecule has 0 aliphatic heterocycles. The van der Waals surface area contributed by atoms with Crippen LogP contribution in [-0.4, -0.2) is 27.4 Å². The number of nitrogens with one attached hydrogen (secondary N) is 2. The molecule has 0 aliphatic rings. The zero-order chi connectivity index (χ0) is 19.3. The van der Waals surface area contributed by atoms with Gasteiger partial charge < -0.3 is 10.6 Å². The average Bonchev–Trinajstić information content (AvgIpc) is 3.04. The minimum absolute atomic E-state index is 0.0136. The molecule has 0 bridgehead atoms. The SMILES string of the molecule is Cc1c(Cl)cccc1Nc1nnc(SCC(=O)NC(C)(C#N)C(C)C)s1. The van der Waals surface area contributed by atoms with Crippen LogP contribution in [0.15, 0.2) is 22.5 Å². The molecule has 0 saturated heterocycles. The molecule has 26 heavy (non-hydrogen) atoms. The van der Waals surface area contributed by atoms with Gasteiger partial charge in [0.05, 0.1) is 11.8 Å². The maximum Gasteiger partial charge on any atom is 0.231 e. The summed E-state index contributed by atoms with van der Waals surface area (Å²) in [4.78, 5) is 12.1. The Morgan fingerprint density at radius 3 is 2.85 bits per heavy atom. The van der Waals surface area contributed by atoms with Gasteiger partial charge >= 0.3 is 0 Å². The summed E-state index contributed by atoms with van der Waals surface area (Å²) < 4.78 is 0.672. The molecular weight excluding hydrogens is 390 g/mol. The highest BCUT2D eigenvalue weighted by Gasteiger charge is 2.29. The Hall–Kier alpha value is -1.82. The van der Waals surface area contributed by atoms with Crippen molar-refractivity contribution in [1.29, 1.82) is 5.26 Å². The van der Waals surface area contributed by atoms with Crippen molar-refractivity contribution in [1.82, 2.24) is 15.5 Å². The van der Waals surface area contributed by atoms with Crippen LogP contribution >= 0.6 is 34.7 Å². The van der Waals surface area contributed by atoms with E-state index in [4.69, 9.17) is 11.6 Å². The van der Waals surface area contributed by atoms with Gasteiger partial charge in [0.25, 0.3) is 0 Å². The van der Waals surface area contributed by atoms with Crippen molar-refractivity contribution in [2.45, 2.75) is 37.6 Å². The lowest BCUT2D eigenvalue weighted by molar-refractivity contribution is -0.120. The normalized spacial score (nSPS) is 13.1. The van der Waals surface area contributed by atoms with Crippen LogP contribution in [0.1, 0.15) is 26.3 Å². The number of hydrogen-bond donors (Lipinski definition) is 2. The molecule has 2 N–H and O–H groups in total. The molecule has 1 amide bonds. The van der Waals surface area contributed by atoms with Crippen LogP contribution in [0.5, 0.6) is 0 Å². The van der Waals surface area contributed by atoms with E-state index < -0.39 is 5.54 Å². The highest BCUT2D eigenvalue weighted by Crippen LogP contribution is 2.30. The van der Waals surface area contributed by atoms with Crippen molar-refractivity contribution >= 4 is 51.4 Å². The molecule has 6 nitrogen and oxygen atoms in total. The molecule has 0 spiro atoms. The van der Waals surface area contributed by atoms with E-state index in [0.717, 1.165) is 11.3 Å². The minimum Gasteiger partial charge on any atom is -0.337 e. The Balaban J connectivity index is 1.93. The summed E-state index contributed by atoms with van der Waals surface area (Å²) in [5, 5.41) is 24.7. The standard InChI is InChI=1S/C17H20ClN5OS2/c1-10(2)17(4,9-19)21-14(24)8-25-16-23-22-15(26-16)20-13-7-5-6-12(18)11(13)3/h5-7,10H,8H2,1-4H3,(H,20,22)(H,21,24). The smallest absolute Gasteiger partial charge is 0.231 e. The van der Waals surface area contributed by atoms with Crippen molar-refractivity contribution in [2.75, 3.05) is 11.1 Å². The van der Waals surface area contributed by atoms with E-state index in [0.29, 0.717) is 14.5 Å². The summed E-state index contributed by atoms with van der Waals surface area (Å²) in [7, 11) is 0. The lowest BCUT2D eigenvalue weighted by Gasteiger charge is -2.27. The zero-order valence-corrected chi connectivity index (χ0v) is 17.3. The fraction of sp³-hybridized carbons (Fsp3) is 0.412. The summed E-state index contributed by atoms with van der Waals surface area (Å²) in [5.41, 5.74) is 0.919. The Morgan fingerprint density at radius 2 is 2.19 bits per heavy atom. The number of halogens is 1. The van der Waals surface area contributed by atoms with Gasteiger partial charge in [-0.15, -0.1) is 10.2 Å². The predicted octanol–water partition coefficient (Wildman–Crippen LogP) is 4.39. The summed E-state index contributed by atoms with van der Waals surface area (Å²) in [6.07, 6.45) is 0. The van der Waals surface area contributed by atoms with E-state index in [1.54, 1.807) is 6.92 Å². The van der Waals surface area contributed by atoms with Crippen LogP contribution in [0.4, 0.5) is 10.8 Å². The van der Waals surface area contributed by atoms with Gasteiger partial charge in [0.1, 0.15) is 5.54 Å². The number of rotatable bonds is 7. The Bertz CT molecular complexity index is 833. The van der Waals surface area contributed by atoms with Crippen molar-refractivity contribution in [2.24, 2.45) is 5.92 Å². The largest absolute Gasteiger partial charge is 0.337 e. The first-order chi connectivity index (χ1) is 12.2. The molecule has 2 rings (SSSR count). The van der Waals surface area contributed by atoms with Crippen LogP contribution in [0, 0.1) is 24.2 Å². The maximum absolute atomic E-state index is 12.1. The number of carbonyl (C=O) groups is 1. The van der Waals surface area contributed by atoms with Crippen molar-refractivity contribution in [3.63, 3.8) is 0 Å². The van der Waals surface area contributed by atoms with Crippen LogP contribution in [0.2, 0.25) is 5.02 Å². The van der Waals surface area contributed by atoms with E-state index in [-0.39, 0.29) is 17.6 Å². The number of hydrogen-bond acceptors (Lipinski definition) is 7. The van der Waals surface area contributed by atoms with Gasteiger partial charge in [0, 0.05) is 10.7 Å². The summed E-state index contributed by atoms with van der Waals surface area (Å²) >= 11 is 8.76. The second-order valence-electron chi connectivity index (χ2n) is 6.22. The molecule has 1 aromatic heterocycles. The van der Waals surface area contributed by atoms with Gasteiger partial charge in [-0.25, -0.2) is 0 Å². The van der Waals surface area contributed by atoms with Crippen LogP contribution in [0.25, 0.3) is 0 Å². The third-order valence-corrected chi connectivity index (χ3v) is 6.41. The first-order valence-corrected chi connectivity index (χ1v) is 10.1. The molecule has 0 fully saturated rings. The maximum atomic E-state index is 12.1. The van der Waals surface area contributed by atoms with E-state index in [1.165, 1.54) is 23.1 Å². The number of aromatic nitrogens is 2. The van der Waals surface area contributed by atoms with Crippen molar-refractivity contribution < 1.29 is 4.79 Å². The lowest BCUT2D eigenvalue weighted by atomic mass is 9.90. The minimum atomic E-state index is -0.879. The third kappa shape index (κ3) is 5.10. The molecular formula is C17H20ClN5OS2. The van der Waals surface area contributed by atoms with E-state index in [9.17, 15) is 10.1 Å². The highest BCUT2D eigenvalue weighted by atomic mass is 35.5. The Kier molecular flexibility index (Phi) is 6.87. The number of thioether (sulfide) groups is 1. The van der Waals surface area contributed by atoms with Crippen LogP contribution < -0.4 is 10.6 Å². The molecule has 0 radical (unpaired) electrons. The number of carbonyl (C=O) groups excluding carboxylic acids is 1. The molecule has 0 aliphatic carbocycles. The molecule has 2 aromatic rings. The summed E-state index contributed by atoms with van der Waals surface area (Å²) in [5.74, 6) is -0.0164. The number of nitrogens with zero attached hydrogens (tertiary/aromatic N) is 3. The number of amides is 1. The second kappa shape index (κ2) is 8.71. The first-order valence-electron chi connectivity index (χ1n) is 7.96. The Morgan fingerprint density at radius 1 is 1.46 bits per heavy atom. The number of benzene rings is 1. The van der Waals surface area contributed by atoms with Gasteiger partial charge in [0.2, 0.25) is 11.0 Å². The van der Waals surface area contributed by atoms with Gasteiger partial charge in [-0.05, 0) is 37.5 Å². The lowest BCUT2D eigenvalue weighted by Crippen LogP contribution is -2.49. The van der Waals surface area contributed by atoms with Gasteiger partial charge in [-0.1, -0.05) is 54.6 Å². The van der Waals surface area contributed by atoms with Crippen LogP contribution in [-0.2, 0) is 4.79 Å². The fourth-order valence-corrected chi connectivity index (χ4v) is 3.67. The van der Waals surface area contributed by atoms with E-state index >= 15 is 0 Å². The third-order valence-electron chi connectivity index (χ3n) is 4.03. The van der Waals surface area contributed by atoms with E-state index in [1.807, 2.05) is 39.0 Å². The molecule has 0 saturated carbocycles. The molecule has 1 unspecified atom stereocenters. The number of nitriles is 1. The average molecular weight is 410 g/mol. The summed E-state index contributed by atoms with van der Waals surface area (Å²) in [6, 6.07) is 7.76. The summed E-state index contributed by atoms with van der Waals surface area (Å²) in [6.45, 7) is 7.45. The number of anilines is 2. The van der Waals surface area contributed by atoms with Crippen molar-refractivity contribution in [3.05, 3.63) is 28.8 Å². The van der Waals surface area contributed by atoms with Gasteiger partial charge in [-0.3, -0.25) is 4.79 Å². The molecule has 1 heterocycles. The highest BCUT2D eigenvalue weighted by molar-refractivity contribution is 8.01. The fourth-order valence-electron chi connectivity index (χ4n) is 1.93. The first kappa shape index (κ1) is 20.5. The monoisotopic (exact) mass is 409 g/mol. The molecule has 138 valence electrons. The Labute approximate surface area is 166 Å². The molecule has 1 atom stereocenters. The van der Waals surface area contributed by atoms with Crippen LogP contribution in [0.3, 0.4) is 0 Å². The van der Waals surface area contributed by atoms with Crippen molar-refractivity contribution in [3.8, 4) is 6.07 Å². The second-order valence-corrected chi connectivity index (χ2v) is 8.82. The molecule has 9 heteroatoms. The zero-order valence-electron chi connectivity index (χ0n) is 15.0. The van der Waals surface area contributed by atoms with Gasteiger partial charge in [-0.2, -0.15) is 5.26 Å². The quantitative estimate of drug-likeness (QED) is 0.659. The predicted molar refractivity (Wildman–Crippen MR) is 107 cm³/mol. The molecule has 1 aromatic carbocycles. The van der Waals surface area contributed by atoms with E-state index in [2.05, 4.69) is 26.9 Å². The topological polar surface area (TPSA) is 90.7 Å². The van der Waals surface area contributed by atoms with Gasteiger partial charge in [0.15, 0.2) is 4.34 Å².